The Balaban J connectivity index is 2.04. The summed E-state index contributed by atoms with van der Waals surface area (Å²) in [6.45, 7) is 0. The van der Waals surface area contributed by atoms with Gasteiger partial charge in [0.1, 0.15) is 0 Å². The minimum atomic E-state index is 1.24. The highest BCUT2D eigenvalue weighted by Gasteiger charge is 2.26. The summed E-state index contributed by atoms with van der Waals surface area (Å²) in [5.41, 5.74) is 8.26. The first-order chi connectivity index (χ1) is 8.43. The van der Waals surface area contributed by atoms with Gasteiger partial charge in [0.05, 0.1) is 0 Å². The third-order valence-electron chi connectivity index (χ3n) is 3.52. The zero-order valence-corrected chi connectivity index (χ0v) is 9.53. The van der Waals surface area contributed by atoms with Crippen LogP contribution in [-0.4, -0.2) is 0 Å². The molecule has 1 nitrogen and oxygen atoms in total. The molecule has 0 amide bonds. The second kappa shape index (κ2) is 3.24. The molecular formula is C16H13N. The molecule has 1 heteroatoms. The van der Waals surface area contributed by atoms with E-state index >= 15 is 0 Å². The lowest BCUT2D eigenvalue weighted by molar-refractivity contribution is 1.42. The molecule has 0 atom stereocenters. The van der Waals surface area contributed by atoms with Gasteiger partial charge in [-0.2, -0.15) is 0 Å². The molecule has 1 heterocycles. The van der Waals surface area contributed by atoms with Crippen LogP contribution in [-0.2, 0) is 0 Å². The van der Waals surface area contributed by atoms with Gasteiger partial charge in [0.2, 0.25) is 0 Å². The molecule has 0 unspecified atom stereocenters. The first-order valence-electron chi connectivity index (χ1n) is 6.11. The number of benzene rings is 2. The predicted octanol–water partition coefficient (Wildman–Crippen LogP) is 4.34. The van der Waals surface area contributed by atoms with E-state index in [-0.39, 0.29) is 0 Å². The molecule has 0 radical (unpaired) electrons. The molecule has 1 saturated carbocycles. The topological polar surface area (TPSA) is 12.0 Å². The van der Waals surface area contributed by atoms with E-state index in [2.05, 4.69) is 53.8 Å². The smallest absolute Gasteiger partial charge is 0.0464 e. The molecule has 0 saturated heterocycles. The maximum Gasteiger partial charge on any atom is 0.0464 e. The third-order valence-corrected chi connectivity index (χ3v) is 3.52. The number of hydrogen-bond donors (Lipinski definition) is 1. The number of para-hydroxylation sites is 2. The van der Waals surface area contributed by atoms with Crippen LogP contribution in [0.5, 0.6) is 0 Å². The van der Waals surface area contributed by atoms with Crippen molar-refractivity contribution < 1.29 is 0 Å². The summed E-state index contributed by atoms with van der Waals surface area (Å²) in [6.07, 6.45) is 2.52. The molecule has 1 fully saturated rings. The monoisotopic (exact) mass is 219 g/mol. The van der Waals surface area contributed by atoms with Gasteiger partial charge in [0.15, 0.2) is 0 Å². The first-order valence-corrected chi connectivity index (χ1v) is 6.11. The molecule has 17 heavy (non-hydrogen) atoms. The molecule has 2 aliphatic rings. The van der Waals surface area contributed by atoms with Crippen LogP contribution in [0.2, 0.25) is 0 Å². The van der Waals surface area contributed by atoms with Crippen molar-refractivity contribution in [1.82, 2.24) is 0 Å². The van der Waals surface area contributed by atoms with Crippen molar-refractivity contribution in [2.75, 3.05) is 5.32 Å². The number of rotatable bonds is 0. The van der Waals surface area contributed by atoms with Gasteiger partial charge in [-0.25, -0.2) is 0 Å². The second-order valence-corrected chi connectivity index (χ2v) is 4.69. The summed E-state index contributed by atoms with van der Waals surface area (Å²) in [4.78, 5) is 0. The highest BCUT2D eigenvalue weighted by molar-refractivity contribution is 5.98. The molecule has 0 aromatic heterocycles. The van der Waals surface area contributed by atoms with E-state index in [9.17, 15) is 0 Å². The normalized spacial score (nSPS) is 16.0. The fourth-order valence-corrected chi connectivity index (χ4v) is 2.60. The average Bonchev–Trinajstić information content (AvgIpc) is 3.20. The van der Waals surface area contributed by atoms with Crippen LogP contribution in [0.4, 0.5) is 11.4 Å². The summed E-state index contributed by atoms with van der Waals surface area (Å²) in [5, 5.41) is 3.52. The fraction of sp³-hybridized carbons (Fsp3) is 0.125. The highest BCUT2D eigenvalue weighted by atomic mass is 14.9. The Bertz CT molecular complexity index is 584. The molecule has 1 aliphatic heterocycles. The van der Waals surface area contributed by atoms with Crippen LogP contribution < -0.4 is 5.32 Å². The molecular weight excluding hydrogens is 206 g/mol. The van der Waals surface area contributed by atoms with Crippen LogP contribution in [0, 0.1) is 0 Å². The van der Waals surface area contributed by atoms with E-state index in [1.807, 2.05) is 0 Å². The zero-order chi connectivity index (χ0) is 11.2. The third kappa shape index (κ3) is 1.32. The van der Waals surface area contributed by atoms with Gasteiger partial charge in [-0.05, 0) is 30.5 Å². The van der Waals surface area contributed by atoms with Gasteiger partial charge in [0.25, 0.3) is 0 Å². The number of allylic oxidation sites excluding steroid dienone is 1. The lowest BCUT2D eigenvalue weighted by Gasteiger charge is -2.24. The van der Waals surface area contributed by atoms with Crippen molar-refractivity contribution in [3.63, 3.8) is 0 Å². The van der Waals surface area contributed by atoms with Crippen LogP contribution in [0.15, 0.2) is 54.1 Å². The molecule has 4 rings (SSSR count). The van der Waals surface area contributed by atoms with Gasteiger partial charge in [-0.1, -0.05) is 42.0 Å². The Kier molecular flexibility index (Phi) is 1.72. The Morgan fingerprint density at radius 2 is 1.24 bits per heavy atom. The van der Waals surface area contributed by atoms with Crippen LogP contribution in [0.25, 0.3) is 5.57 Å². The highest BCUT2D eigenvalue weighted by Crippen LogP contribution is 2.47. The van der Waals surface area contributed by atoms with E-state index in [4.69, 9.17) is 0 Å². The van der Waals surface area contributed by atoms with E-state index in [1.165, 1.54) is 40.9 Å². The summed E-state index contributed by atoms with van der Waals surface area (Å²) < 4.78 is 0. The summed E-state index contributed by atoms with van der Waals surface area (Å²) in [5.74, 6) is 0. The van der Waals surface area contributed by atoms with E-state index < -0.39 is 0 Å². The van der Waals surface area contributed by atoms with Crippen molar-refractivity contribution in [2.45, 2.75) is 12.8 Å². The number of fused-ring (bicyclic) bond motifs is 2. The minimum Gasteiger partial charge on any atom is -0.355 e. The standard InChI is InChI=1S/C16H13N/c1-3-7-14-12(5-1)16(11-9-10-11)13-6-2-4-8-15(13)17-14/h1-8,17H,9-10H2. The first kappa shape index (κ1) is 9.06. The molecule has 0 spiro atoms. The number of nitrogens with one attached hydrogen (secondary N) is 1. The van der Waals surface area contributed by atoms with Crippen molar-refractivity contribution in [2.24, 2.45) is 0 Å². The Morgan fingerprint density at radius 1 is 0.706 bits per heavy atom. The molecule has 1 N–H and O–H groups in total. The van der Waals surface area contributed by atoms with Gasteiger partial charge >= 0.3 is 0 Å². The van der Waals surface area contributed by atoms with Crippen LogP contribution >= 0.6 is 0 Å². The Labute approximate surface area is 101 Å². The van der Waals surface area contributed by atoms with E-state index in [1.54, 1.807) is 5.57 Å². The summed E-state index contributed by atoms with van der Waals surface area (Å²) in [7, 11) is 0. The van der Waals surface area contributed by atoms with Crippen LogP contribution in [0.1, 0.15) is 24.0 Å². The predicted molar refractivity (Wildman–Crippen MR) is 71.4 cm³/mol. The van der Waals surface area contributed by atoms with Gasteiger partial charge in [-0.15, -0.1) is 0 Å². The van der Waals surface area contributed by atoms with Gasteiger partial charge in [0, 0.05) is 22.5 Å². The summed E-state index contributed by atoms with van der Waals surface area (Å²) in [6, 6.07) is 17.2. The maximum absolute atomic E-state index is 3.52. The lowest BCUT2D eigenvalue weighted by Crippen LogP contribution is -2.05. The SMILES string of the molecule is c1ccc2c(c1)Nc1ccccc1C2=C1CC1. The van der Waals surface area contributed by atoms with Crippen molar-refractivity contribution in [1.29, 1.82) is 0 Å². The molecule has 82 valence electrons. The van der Waals surface area contributed by atoms with Crippen molar-refractivity contribution in [3.05, 3.63) is 65.2 Å². The number of hydrogen-bond acceptors (Lipinski definition) is 1. The number of anilines is 2. The molecule has 2 aromatic carbocycles. The second-order valence-electron chi connectivity index (χ2n) is 4.69. The zero-order valence-electron chi connectivity index (χ0n) is 9.53. The van der Waals surface area contributed by atoms with E-state index in [0.29, 0.717) is 0 Å². The largest absolute Gasteiger partial charge is 0.355 e. The lowest BCUT2D eigenvalue weighted by atomic mass is 9.91. The van der Waals surface area contributed by atoms with Crippen molar-refractivity contribution >= 4 is 16.9 Å². The molecule has 1 aliphatic carbocycles. The van der Waals surface area contributed by atoms with Gasteiger partial charge < -0.3 is 5.32 Å². The average molecular weight is 219 g/mol. The van der Waals surface area contributed by atoms with Gasteiger partial charge in [-0.3, -0.25) is 0 Å². The minimum absolute atomic E-state index is 1.24. The Hall–Kier alpha value is -2.02. The van der Waals surface area contributed by atoms with Crippen LogP contribution in [0.3, 0.4) is 0 Å². The molecule has 0 bridgehead atoms. The Morgan fingerprint density at radius 3 is 1.76 bits per heavy atom. The molecule has 2 aromatic rings. The maximum atomic E-state index is 3.52. The van der Waals surface area contributed by atoms with Crippen molar-refractivity contribution in [3.8, 4) is 0 Å². The summed E-state index contributed by atoms with van der Waals surface area (Å²) >= 11 is 0. The van der Waals surface area contributed by atoms with E-state index in [0.717, 1.165) is 0 Å². The fourth-order valence-electron chi connectivity index (χ4n) is 2.60. The quantitative estimate of drug-likeness (QED) is 0.593.